The first-order valence-corrected chi connectivity index (χ1v) is 9.42. The van der Waals surface area contributed by atoms with E-state index in [1.807, 2.05) is 0 Å². The number of rotatable bonds is 6. The molecular formula is C18H15N3O6S. The van der Waals surface area contributed by atoms with Crippen LogP contribution in [0, 0.1) is 10.1 Å². The minimum atomic E-state index is -3.85. The van der Waals surface area contributed by atoms with Crippen molar-refractivity contribution in [3.05, 3.63) is 82.6 Å². The van der Waals surface area contributed by atoms with Crippen LogP contribution >= 0.6 is 0 Å². The van der Waals surface area contributed by atoms with Crippen LogP contribution in [0.2, 0.25) is 0 Å². The minimum absolute atomic E-state index is 0.0259. The molecule has 0 fully saturated rings. The van der Waals surface area contributed by atoms with Crippen LogP contribution in [0.4, 0.5) is 17.3 Å². The number of benzene rings is 2. The van der Waals surface area contributed by atoms with Crippen molar-refractivity contribution in [3.63, 3.8) is 0 Å². The molecule has 0 aliphatic heterocycles. The quantitative estimate of drug-likeness (QED) is 0.499. The van der Waals surface area contributed by atoms with Gasteiger partial charge in [0.05, 0.1) is 16.6 Å². The number of anilines is 2. The summed E-state index contributed by atoms with van der Waals surface area (Å²) in [6.07, 6.45) is 0. The molecule has 144 valence electrons. The third-order valence-electron chi connectivity index (χ3n) is 3.87. The first-order valence-electron chi connectivity index (χ1n) is 7.98. The predicted molar refractivity (Wildman–Crippen MR) is 102 cm³/mol. The molecule has 0 atom stereocenters. The lowest BCUT2D eigenvalue weighted by atomic mass is 10.3. The summed E-state index contributed by atoms with van der Waals surface area (Å²) in [6, 6.07) is 16.4. The van der Waals surface area contributed by atoms with Gasteiger partial charge in [0.15, 0.2) is 5.76 Å². The van der Waals surface area contributed by atoms with Crippen LogP contribution in [-0.4, -0.2) is 26.3 Å². The monoisotopic (exact) mass is 401 g/mol. The molecule has 9 nitrogen and oxygen atoms in total. The number of carbonyl (C=O) groups is 1. The van der Waals surface area contributed by atoms with E-state index in [2.05, 4.69) is 5.32 Å². The van der Waals surface area contributed by atoms with Crippen molar-refractivity contribution in [1.82, 2.24) is 0 Å². The van der Waals surface area contributed by atoms with Crippen molar-refractivity contribution in [2.24, 2.45) is 0 Å². The zero-order valence-corrected chi connectivity index (χ0v) is 15.4. The van der Waals surface area contributed by atoms with Gasteiger partial charge in [0.1, 0.15) is 4.92 Å². The molecular weight excluding hydrogens is 386 g/mol. The Bertz CT molecular complexity index is 1120. The van der Waals surface area contributed by atoms with E-state index in [9.17, 15) is 23.3 Å². The Morgan fingerprint density at radius 3 is 2.43 bits per heavy atom. The number of amides is 1. The summed E-state index contributed by atoms with van der Waals surface area (Å²) in [4.78, 5) is 22.0. The van der Waals surface area contributed by atoms with Crippen molar-refractivity contribution in [3.8, 4) is 0 Å². The van der Waals surface area contributed by atoms with E-state index in [-0.39, 0.29) is 16.3 Å². The van der Waals surface area contributed by atoms with Crippen molar-refractivity contribution < 1.29 is 22.6 Å². The summed E-state index contributed by atoms with van der Waals surface area (Å²) < 4.78 is 31.6. The highest BCUT2D eigenvalue weighted by Crippen LogP contribution is 2.24. The Kier molecular flexibility index (Phi) is 5.14. The average Bonchev–Trinajstić information content (AvgIpc) is 3.19. The third kappa shape index (κ3) is 3.86. The molecule has 3 rings (SSSR count). The zero-order chi connectivity index (χ0) is 20.3. The lowest BCUT2D eigenvalue weighted by Gasteiger charge is -2.19. The van der Waals surface area contributed by atoms with Gasteiger partial charge in [-0.15, -0.1) is 0 Å². The Morgan fingerprint density at radius 2 is 1.79 bits per heavy atom. The van der Waals surface area contributed by atoms with Crippen LogP contribution in [0.1, 0.15) is 10.6 Å². The Morgan fingerprint density at radius 1 is 1.07 bits per heavy atom. The van der Waals surface area contributed by atoms with Gasteiger partial charge in [-0.2, -0.15) is 0 Å². The molecule has 0 saturated heterocycles. The molecule has 0 unspecified atom stereocenters. The predicted octanol–water partition coefficient (Wildman–Crippen LogP) is 3.27. The normalized spacial score (nSPS) is 11.0. The second-order valence-corrected chi connectivity index (χ2v) is 7.65. The molecule has 3 aromatic rings. The van der Waals surface area contributed by atoms with Gasteiger partial charge < -0.3 is 9.73 Å². The number of hydrogen-bond donors (Lipinski definition) is 1. The maximum atomic E-state index is 12.8. The standard InChI is InChI=1S/C18H15N3O6S/c1-20(14-7-3-2-4-8-14)28(25,26)15-9-5-6-13(12-15)19-18(22)16-10-11-17(27-16)21(23)24/h2-12H,1H3,(H,19,22). The topological polar surface area (TPSA) is 123 Å². The number of sulfonamides is 1. The fourth-order valence-electron chi connectivity index (χ4n) is 2.41. The number of furan rings is 1. The zero-order valence-electron chi connectivity index (χ0n) is 14.6. The van der Waals surface area contributed by atoms with E-state index in [1.54, 1.807) is 30.3 Å². The lowest BCUT2D eigenvalue weighted by molar-refractivity contribution is -0.402. The number of nitrogens with one attached hydrogen (secondary N) is 1. The highest BCUT2D eigenvalue weighted by Gasteiger charge is 2.22. The van der Waals surface area contributed by atoms with E-state index >= 15 is 0 Å². The highest BCUT2D eigenvalue weighted by molar-refractivity contribution is 7.92. The first-order chi connectivity index (χ1) is 13.3. The number of nitro groups is 1. The molecule has 10 heteroatoms. The fourth-order valence-corrected chi connectivity index (χ4v) is 3.65. The fraction of sp³-hybridized carbons (Fsp3) is 0.0556. The van der Waals surface area contributed by atoms with Crippen molar-refractivity contribution in [2.75, 3.05) is 16.7 Å². The Balaban J connectivity index is 1.83. The second-order valence-electron chi connectivity index (χ2n) is 5.69. The summed E-state index contributed by atoms with van der Waals surface area (Å²) in [5.74, 6) is -1.56. The number of para-hydroxylation sites is 1. The third-order valence-corrected chi connectivity index (χ3v) is 5.65. The molecule has 28 heavy (non-hydrogen) atoms. The van der Waals surface area contributed by atoms with Crippen molar-refractivity contribution in [1.29, 1.82) is 0 Å². The number of hydrogen-bond acceptors (Lipinski definition) is 6. The summed E-state index contributed by atoms with van der Waals surface area (Å²) >= 11 is 0. The Hall–Kier alpha value is -3.66. The largest absolute Gasteiger partial charge is 0.433 e. The smallest absolute Gasteiger partial charge is 0.395 e. The molecule has 0 bridgehead atoms. The summed E-state index contributed by atoms with van der Waals surface area (Å²) in [7, 11) is -2.42. The maximum absolute atomic E-state index is 12.8. The molecule has 0 saturated carbocycles. The molecule has 1 N–H and O–H groups in total. The molecule has 1 heterocycles. The van der Waals surface area contributed by atoms with Gasteiger partial charge in [0.2, 0.25) is 0 Å². The lowest BCUT2D eigenvalue weighted by Crippen LogP contribution is -2.26. The van der Waals surface area contributed by atoms with Crippen LogP contribution in [0.3, 0.4) is 0 Å². The summed E-state index contributed by atoms with van der Waals surface area (Å²) in [5.41, 5.74) is 0.687. The second kappa shape index (κ2) is 7.53. The van der Waals surface area contributed by atoms with E-state index in [0.29, 0.717) is 5.69 Å². The van der Waals surface area contributed by atoms with Crippen LogP contribution in [-0.2, 0) is 10.0 Å². The molecule has 2 aromatic carbocycles. The van der Waals surface area contributed by atoms with Crippen LogP contribution in [0.15, 0.2) is 76.0 Å². The van der Waals surface area contributed by atoms with Gasteiger partial charge in [0.25, 0.3) is 15.9 Å². The van der Waals surface area contributed by atoms with Gasteiger partial charge in [0, 0.05) is 12.7 Å². The van der Waals surface area contributed by atoms with Gasteiger partial charge >= 0.3 is 5.88 Å². The molecule has 1 aromatic heterocycles. The number of carbonyl (C=O) groups excluding carboxylic acids is 1. The molecule has 0 aliphatic carbocycles. The molecule has 0 aliphatic rings. The van der Waals surface area contributed by atoms with Crippen LogP contribution in [0.5, 0.6) is 0 Å². The van der Waals surface area contributed by atoms with Crippen LogP contribution < -0.4 is 9.62 Å². The Labute approximate surface area is 160 Å². The van der Waals surface area contributed by atoms with Gasteiger partial charge in [-0.05, 0) is 36.4 Å². The number of nitrogens with zero attached hydrogens (tertiary/aromatic N) is 2. The van der Waals surface area contributed by atoms with Gasteiger partial charge in [-0.25, -0.2) is 8.42 Å². The maximum Gasteiger partial charge on any atom is 0.433 e. The van der Waals surface area contributed by atoms with E-state index in [0.717, 1.165) is 16.4 Å². The van der Waals surface area contributed by atoms with Gasteiger partial charge in [-0.1, -0.05) is 24.3 Å². The highest BCUT2D eigenvalue weighted by atomic mass is 32.2. The van der Waals surface area contributed by atoms with Crippen LogP contribution in [0.25, 0.3) is 0 Å². The average molecular weight is 401 g/mol. The van der Waals surface area contributed by atoms with E-state index in [1.165, 1.54) is 31.3 Å². The molecule has 0 radical (unpaired) electrons. The first kappa shape index (κ1) is 19.1. The van der Waals surface area contributed by atoms with Crippen molar-refractivity contribution >= 4 is 33.2 Å². The molecule has 1 amide bonds. The minimum Gasteiger partial charge on any atom is -0.395 e. The molecule has 0 spiro atoms. The SMILES string of the molecule is CN(c1ccccc1)S(=O)(=O)c1cccc(NC(=O)c2ccc([N+](=O)[O-])o2)c1. The summed E-state index contributed by atoms with van der Waals surface area (Å²) in [5, 5.41) is 13.1. The van der Waals surface area contributed by atoms with Gasteiger partial charge in [-0.3, -0.25) is 19.2 Å². The summed E-state index contributed by atoms with van der Waals surface area (Å²) in [6.45, 7) is 0. The van der Waals surface area contributed by atoms with E-state index < -0.39 is 26.7 Å². The van der Waals surface area contributed by atoms with Crippen molar-refractivity contribution in [2.45, 2.75) is 4.90 Å². The van der Waals surface area contributed by atoms with E-state index in [4.69, 9.17) is 4.42 Å².